The molecule has 0 radical (unpaired) electrons. The van der Waals surface area contributed by atoms with E-state index in [1.54, 1.807) is 36.0 Å². The maximum Gasteiger partial charge on any atom is 0.261 e. The number of nitrogens with zero attached hydrogens (tertiary/aromatic N) is 11. The van der Waals surface area contributed by atoms with Crippen molar-refractivity contribution >= 4 is 51.5 Å². The van der Waals surface area contributed by atoms with Crippen molar-refractivity contribution in [3.8, 4) is 22.7 Å². The molecule has 0 aliphatic carbocycles. The number of carbonyl (C=O) groups is 2. The number of hydrogen-bond acceptors (Lipinski definition) is 12. The summed E-state index contributed by atoms with van der Waals surface area (Å²) in [7, 11) is 3.40. The van der Waals surface area contributed by atoms with Crippen molar-refractivity contribution in [3.05, 3.63) is 72.2 Å². The molecule has 9 heterocycles. The van der Waals surface area contributed by atoms with Crippen LogP contribution in [0.25, 0.3) is 39.0 Å². The number of amides is 2. The second-order valence-corrected chi connectivity index (χ2v) is 16.9. The van der Waals surface area contributed by atoms with E-state index in [-0.39, 0.29) is 36.8 Å². The number of ether oxygens (including phenoxy) is 2. The van der Waals surface area contributed by atoms with Gasteiger partial charge in [-0.05, 0) is 62.9 Å². The average molecular weight is 831 g/mol. The van der Waals surface area contributed by atoms with Crippen LogP contribution in [-0.4, -0.2) is 133 Å². The second-order valence-electron chi connectivity index (χ2n) is 16.9. The fourth-order valence-electron chi connectivity index (χ4n) is 10.3. The SMILES string of the molecule is CO[C@H]1CN(C)C(=O)[C@@H]2C[C@@H](CN2c2nc3nc4c2cnn4-c2ccc(F)cc2OCC(=O)N2CCCC24CCN3C4)Nc2cccc(n2)-c2cc(F)cc3nc(C)n(c23)C1. The Morgan fingerprint density at radius 1 is 0.967 bits per heavy atom. The molecule has 4 atom stereocenters. The number of aromatic nitrogens is 7. The van der Waals surface area contributed by atoms with Gasteiger partial charge in [-0.3, -0.25) is 9.59 Å². The van der Waals surface area contributed by atoms with Crippen LogP contribution in [-0.2, 0) is 20.9 Å². The summed E-state index contributed by atoms with van der Waals surface area (Å²) in [6.45, 7) is 4.38. The lowest BCUT2D eigenvalue weighted by atomic mass is 9.95. The van der Waals surface area contributed by atoms with E-state index < -0.39 is 29.3 Å². The molecule has 2 amide bonds. The van der Waals surface area contributed by atoms with Gasteiger partial charge in [0.2, 0.25) is 11.9 Å². The molecule has 0 saturated carbocycles. The highest BCUT2D eigenvalue weighted by Crippen LogP contribution is 2.42. The van der Waals surface area contributed by atoms with Gasteiger partial charge in [-0.15, -0.1) is 0 Å². The Hall–Kier alpha value is -6.43. The van der Waals surface area contributed by atoms with Crippen LogP contribution in [0.1, 0.15) is 31.5 Å². The Morgan fingerprint density at radius 3 is 2.72 bits per heavy atom. The van der Waals surface area contributed by atoms with E-state index in [9.17, 15) is 14.0 Å². The molecule has 5 aliphatic rings. The van der Waals surface area contributed by atoms with Crippen LogP contribution in [0.2, 0.25) is 0 Å². The average Bonchev–Trinajstić information content (AvgIpc) is 4.10. The largest absolute Gasteiger partial charge is 0.481 e. The van der Waals surface area contributed by atoms with Gasteiger partial charge in [-0.2, -0.15) is 15.1 Å². The van der Waals surface area contributed by atoms with Gasteiger partial charge in [0, 0.05) is 70.6 Å². The molecule has 1 N–H and O–H groups in total. The summed E-state index contributed by atoms with van der Waals surface area (Å²) in [5.41, 5.74) is 2.87. The molecule has 16 nitrogen and oxygen atoms in total. The summed E-state index contributed by atoms with van der Waals surface area (Å²) in [4.78, 5) is 56.6. The highest BCUT2D eigenvalue weighted by Gasteiger charge is 2.49. The van der Waals surface area contributed by atoms with Crippen LogP contribution >= 0.6 is 0 Å². The number of rotatable bonds is 2. The number of nitrogens with one attached hydrogen (secondary N) is 1. The quantitative estimate of drug-likeness (QED) is 0.265. The molecule has 6 aromatic rings. The van der Waals surface area contributed by atoms with Gasteiger partial charge in [0.1, 0.15) is 46.6 Å². The summed E-state index contributed by atoms with van der Waals surface area (Å²) in [6, 6.07) is 11.7. The summed E-state index contributed by atoms with van der Waals surface area (Å²) >= 11 is 0. The topological polar surface area (TPSA) is 152 Å². The summed E-state index contributed by atoms with van der Waals surface area (Å²) in [5, 5.41) is 8.96. The molecule has 3 fully saturated rings. The maximum atomic E-state index is 15.2. The first-order valence-electron chi connectivity index (χ1n) is 20.7. The monoisotopic (exact) mass is 830 g/mol. The number of benzene rings is 2. The second kappa shape index (κ2) is 14.1. The van der Waals surface area contributed by atoms with Gasteiger partial charge < -0.3 is 39.0 Å². The number of aryl methyl sites for hydroxylation is 1. The number of anilines is 3. The van der Waals surface area contributed by atoms with Gasteiger partial charge >= 0.3 is 0 Å². The van der Waals surface area contributed by atoms with Gasteiger partial charge in [0.15, 0.2) is 12.3 Å². The lowest BCUT2D eigenvalue weighted by Gasteiger charge is -2.35. The van der Waals surface area contributed by atoms with Crippen molar-refractivity contribution in [1.82, 2.24) is 44.1 Å². The zero-order valence-corrected chi connectivity index (χ0v) is 34.0. The number of carbonyl (C=O) groups excluding carboxylic acids is 2. The molecule has 2 aromatic carbocycles. The zero-order chi connectivity index (χ0) is 41.7. The third-order valence-electron chi connectivity index (χ3n) is 13.2. The van der Waals surface area contributed by atoms with Crippen LogP contribution in [0, 0.1) is 18.6 Å². The lowest BCUT2D eigenvalue weighted by Crippen LogP contribution is -2.50. The molecular formula is C43H44F2N12O4. The molecule has 314 valence electrons. The first-order chi connectivity index (χ1) is 29.6. The lowest BCUT2D eigenvalue weighted by molar-refractivity contribution is -0.137. The molecule has 5 aliphatic heterocycles. The number of pyridine rings is 1. The third kappa shape index (κ3) is 6.12. The number of fused-ring (bicyclic) bond motifs is 10. The van der Waals surface area contributed by atoms with E-state index in [4.69, 9.17) is 34.5 Å². The van der Waals surface area contributed by atoms with E-state index >= 15 is 4.39 Å². The Kier molecular flexibility index (Phi) is 8.66. The minimum atomic E-state index is -0.671. The zero-order valence-electron chi connectivity index (χ0n) is 34.0. The number of halogens is 2. The van der Waals surface area contributed by atoms with Gasteiger partial charge in [-0.1, -0.05) is 6.07 Å². The van der Waals surface area contributed by atoms with Crippen LogP contribution in [0.15, 0.2) is 54.7 Å². The first kappa shape index (κ1) is 37.6. The van der Waals surface area contributed by atoms with Crippen LogP contribution in [0.5, 0.6) is 5.75 Å². The van der Waals surface area contributed by atoms with Crippen molar-refractivity contribution in [2.24, 2.45) is 0 Å². The Balaban J connectivity index is 1.05. The van der Waals surface area contributed by atoms with E-state index in [0.717, 1.165) is 24.8 Å². The standard InChI is InChI=1S/C43H44F2N12O4/c1-24-47-32-15-26(45)14-29-31-6-4-7-36(49-31)48-27-17-34(41(59)52(2)20-28(60-3)21-54(24)38(29)32)55(19-27)39-30-18-46-57-33-9-8-25(44)16-35(33)61-22-37(58)56-12-5-10-43(56)11-13-53(23-43)42(50-39)51-40(30)57/h4,6-9,14-16,18,27-28,34H,5,10-13,17,19-23H2,1-3H3,(H,48,49)/t27-,28-,34-,43?/m0/s1. The van der Waals surface area contributed by atoms with Gasteiger partial charge in [0.05, 0.1) is 46.5 Å². The number of methoxy groups -OCH3 is 1. The maximum absolute atomic E-state index is 15.2. The Morgan fingerprint density at radius 2 is 1.85 bits per heavy atom. The summed E-state index contributed by atoms with van der Waals surface area (Å²) < 4.78 is 45.7. The van der Waals surface area contributed by atoms with E-state index in [1.807, 2.05) is 39.5 Å². The molecule has 61 heavy (non-hydrogen) atoms. The molecule has 3 saturated heterocycles. The van der Waals surface area contributed by atoms with E-state index in [2.05, 4.69) is 10.2 Å². The van der Waals surface area contributed by atoms with Gasteiger partial charge in [-0.25, -0.2) is 23.4 Å². The molecule has 11 rings (SSSR count). The van der Waals surface area contributed by atoms with Crippen molar-refractivity contribution in [2.75, 3.05) is 68.6 Å². The number of likely N-dealkylation sites (N-methyl/N-ethyl adjacent to an activating group) is 1. The summed E-state index contributed by atoms with van der Waals surface area (Å²) in [6.07, 6.45) is 4.06. The molecule has 8 bridgehead atoms. The van der Waals surface area contributed by atoms with Crippen LogP contribution in [0.3, 0.4) is 0 Å². The molecule has 1 spiro atoms. The number of imidazole rings is 1. The molecule has 18 heteroatoms. The van der Waals surface area contributed by atoms with E-state index in [0.29, 0.717) is 96.0 Å². The molecule has 4 aromatic heterocycles. The van der Waals surface area contributed by atoms with Crippen LogP contribution in [0.4, 0.5) is 26.4 Å². The van der Waals surface area contributed by atoms with Crippen molar-refractivity contribution in [1.29, 1.82) is 0 Å². The smallest absolute Gasteiger partial charge is 0.261 e. The predicted molar refractivity (Wildman–Crippen MR) is 222 cm³/mol. The highest BCUT2D eigenvalue weighted by atomic mass is 19.1. The van der Waals surface area contributed by atoms with Crippen LogP contribution < -0.4 is 19.9 Å². The minimum Gasteiger partial charge on any atom is -0.481 e. The van der Waals surface area contributed by atoms with Crippen molar-refractivity contribution in [3.63, 3.8) is 0 Å². The number of hydrogen-bond donors (Lipinski definition) is 1. The van der Waals surface area contributed by atoms with E-state index in [1.165, 1.54) is 24.3 Å². The van der Waals surface area contributed by atoms with Crippen molar-refractivity contribution in [2.45, 2.75) is 62.9 Å². The normalized spacial score (nSPS) is 23.9. The highest BCUT2D eigenvalue weighted by molar-refractivity contribution is 5.95. The minimum absolute atomic E-state index is 0.126. The Bertz CT molecular complexity index is 2780. The molecular weight excluding hydrogens is 787 g/mol. The predicted octanol–water partition coefficient (Wildman–Crippen LogP) is 4.32. The van der Waals surface area contributed by atoms with Crippen molar-refractivity contribution < 1.29 is 27.8 Å². The fraction of sp³-hybridized carbons (Fsp3) is 0.419. The Labute approximate surface area is 349 Å². The fourth-order valence-corrected chi connectivity index (χ4v) is 10.3. The first-order valence-corrected chi connectivity index (χ1v) is 20.7. The summed E-state index contributed by atoms with van der Waals surface area (Å²) in [5.74, 6) is 1.17. The molecule has 1 unspecified atom stereocenters. The third-order valence-corrected chi connectivity index (χ3v) is 13.2. The van der Waals surface area contributed by atoms with Gasteiger partial charge in [0.25, 0.3) is 5.91 Å².